The van der Waals surface area contributed by atoms with Crippen molar-refractivity contribution >= 4 is 17.2 Å². The average molecular weight is 305 g/mol. The van der Waals surface area contributed by atoms with Gasteiger partial charge in [-0.1, -0.05) is 18.2 Å². The summed E-state index contributed by atoms with van der Waals surface area (Å²) in [6.45, 7) is 0.508. The first-order valence-corrected chi connectivity index (χ1v) is 7.74. The highest BCUT2D eigenvalue weighted by Gasteiger charge is 2.47. The number of hydrogen-bond donors (Lipinski definition) is 2. The fourth-order valence-corrected chi connectivity index (χ4v) is 3.16. The van der Waals surface area contributed by atoms with E-state index in [2.05, 4.69) is 10.3 Å². The van der Waals surface area contributed by atoms with Gasteiger partial charge in [0.1, 0.15) is 11.5 Å². The Hall–Kier alpha value is -1.79. The summed E-state index contributed by atoms with van der Waals surface area (Å²) in [7, 11) is 0. The summed E-state index contributed by atoms with van der Waals surface area (Å²) in [6.07, 6.45) is 2.16. The van der Waals surface area contributed by atoms with Gasteiger partial charge in [0.2, 0.25) is 0 Å². The Morgan fingerprint density at radius 2 is 2.19 bits per heavy atom. The smallest absolute Gasteiger partial charge is 0.271 e. The summed E-state index contributed by atoms with van der Waals surface area (Å²) in [6, 6.07) is 6.58. The van der Waals surface area contributed by atoms with Crippen LogP contribution >= 0.6 is 11.3 Å². The molecule has 0 saturated heterocycles. The van der Waals surface area contributed by atoms with E-state index < -0.39 is 5.54 Å². The molecule has 4 nitrogen and oxygen atoms in total. The van der Waals surface area contributed by atoms with Crippen LogP contribution in [-0.4, -0.2) is 17.4 Å². The lowest BCUT2D eigenvalue weighted by molar-refractivity contribution is 0.0925. The molecule has 21 heavy (non-hydrogen) atoms. The van der Waals surface area contributed by atoms with Crippen molar-refractivity contribution in [1.82, 2.24) is 10.3 Å². The maximum atomic E-state index is 13.9. The molecule has 1 saturated carbocycles. The largest absolute Gasteiger partial charge is 0.341 e. The monoisotopic (exact) mass is 305 g/mol. The third-order valence-electron chi connectivity index (χ3n) is 3.63. The topological polar surface area (TPSA) is 68.0 Å². The van der Waals surface area contributed by atoms with Crippen molar-refractivity contribution in [3.8, 4) is 0 Å². The van der Waals surface area contributed by atoms with E-state index in [0.717, 1.165) is 17.8 Å². The van der Waals surface area contributed by atoms with Crippen molar-refractivity contribution in [3.63, 3.8) is 0 Å². The minimum Gasteiger partial charge on any atom is -0.341 e. The minimum absolute atomic E-state index is 0.254. The maximum Gasteiger partial charge on any atom is 0.271 e. The van der Waals surface area contributed by atoms with Gasteiger partial charge in [-0.15, -0.1) is 11.3 Å². The van der Waals surface area contributed by atoms with E-state index in [0.29, 0.717) is 24.2 Å². The van der Waals surface area contributed by atoms with Crippen LogP contribution in [0.25, 0.3) is 0 Å². The number of nitrogens with zero attached hydrogens (tertiary/aromatic N) is 1. The third kappa shape index (κ3) is 2.82. The number of rotatable bonds is 5. The van der Waals surface area contributed by atoms with Crippen LogP contribution in [0.1, 0.15) is 33.9 Å². The maximum absolute atomic E-state index is 13.9. The molecule has 6 heteroatoms. The predicted molar refractivity (Wildman–Crippen MR) is 79.7 cm³/mol. The zero-order chi connectivity index (χ0) is 14.9. The number of aromatic nitrogens is 1. The standard InChI is InChI=1S/C15H16FN3OS/c16-11-4-2-1-3-10(11)15(6-7-15)19-14(20)12-9-21-13(18-12)5-8-17/h1-4,9H,5-8,17H2,(H,19,20). The lowest BCUT2D eigenvalue weighted by Gasteiger charge is -2.17. The van der Waals surface area contributed by atoms with Gasteiger partial charge in [0.05, 0.1) is 10.5 Å². The van der Waals surface area contributed by atoms with Gasteiger partial charge in [-0.05, 0) is 25.5 Å². The Kier molecular flexibility index (Phi) is 3.73. The molecular weight excluding hydrogens is 289 g/mol. The molecule has 0 spiro atoms. The molecule has 0 unspecified atom stereocenters. The van der Waals surface area contributed by atoms with Crippen LogP contribution in [0.4, 0.5) is 4.39 Å². The van der Waals surface area contributed by atoms with Gasteiger partial charge in [0.15, 0.2) is 0 Å². The average Bonchev–Trinajstić information content (AvgIpc) is 3.08. The lowest BCUT2D eigenvalue weighted by atomic mass is 10.0. The number of carbonyl (C=O) groups is 1. The van der Waals surface area contributed by atoms with Crippen LogP contribution in [-0.2, 0) is 12.0 Å². The molecule has 1 fully saturated rings. The summed E-state index contributed by atoms with van der Waals surface area (Å²) < 4.78 is 13.9. The van der Waals surface area contributed by atoms with E-state index in [1.54, 1.807) is 23.6 Å². The number of hydrogen-bond acceptors (Lipinski definition) is 4. The Bertz CT molecular complexity index is 666. The van der Waals surface area contributed by atoms with Gasteiger partial charge in [-0.3, -0.25) is 4.79 Å². The molecule has 0 radical (unpaired) electrons. The van der Waals surface area contributed by atoms with E-state index >= 15 is 0 Å². The number of thiazole rings is 1. The molecule has 1 aliphatic carbocycles. The van der Waals surface area contributed by atoms with Gasteiger partial charge in [-0.2, -0.15) is 0 Å². The van der Waals surface area contributed by atoms with E-state index in [1.165, 1.54) is 17.4 Å². The van der Waals surface area contributed by atoms with E-state index in [1.807, 2.05) is 0 Å². The fraction of sp³-hybridized carbons (Fsp3) is 0.333. The third-order valence-corrected chi connectivity index (χ3v) is 4.54. The predicted octanol–water partition coefficient (Wildman–Crippen LogP) is 2.20. The highest BCUT2D eigenvalue weighted by Crippen LogP contribution is 2.46. The van der Waals surface area contributed by atoms with Gasteiger partial charge in [0, 0.05) is 17.4 Å². The second-order valence-corrected chi connectivity index (χ2v) is 6.12. The molecule has 3 rings (SSSR count). The second kappa shape index (κ2) is 5.54. The van der Waals surface area contributed by atoms with Gasteiger partial charge < -0.3 is 11.1 Å². The SMILES string of the molecule is NCCc1nc(C(=O)NC2(c3ccccc3F)CC2)cs1. The molecule has 1 aromatic carbocycles. The quantitative estimate of drug-likeness (QED) is 0.890. The zero-order valence-corrected chi connectivity index (χ0v) is 12.3. The molecule has 2 aromatic rings. The number of nitrogens with one attached hydrogen (secondary N) is 1. The molecule has 1 aliphatic rings. The molecule has 1 amide bonds. The van der Waals surface area contributed by atoms with Gasteiger partial charge in [0.25, 0.3) is 5.91 Å². The summed E-state index contributed by atoms with van der Waals surface area (Å²) in [5.74, 6) is -0.535. The van der Waals surface area contributed by atoms with E-state index in [4.69, 9.17) is 5.73 Å². The zero-order valence-electron chi connectivity index (χ0n) is 11.4. The highest BCUT2D eigenvalue weighted by atomic mass is 32.1. The van der Waals surface area contributed by atoms with Crippen molar-refractivity contribution in [2.45, 2.75) is 24.8 Å². The highest BCUT2D eigenvalue weighted by molar-refractivity contribution is 7.09. The Morgan fingerprint density at radius 1 is 1.43 bits per heavy atom. The van der Waals surface area contributed by atoms with Crippen molar-refractivity contribution in [1.29, 1.82) is 0 Å². The first kappa shape index (κ1) is 14.2. The van der Waals surface area contributed by atoms with Crippen LogP contribution in [0.5, 0.6) is 0 Å². The number of benzene rings is 1. The Morgan fingerprint density at radius 3 is 2.86 bits per heavy atom. The van der Waals surface area contributed by atoms with Crippen molar-refractivity contribution < 1.29 is 9.18 Å². The second-order valence-electron chi connectivity index (χ2n) is 5.18. The Labute approximate surface area is 126 Å². The normalized spacial score (nSPS) is 15.7. The molecule has 0 aliphatic heterocycles. The van der Waals surface area contributed by atoms with Gasteiger partial charge in [-0.25, -0.2) is 9.37 Å². The molecule has 1 aromatic heterocycles. The molecule has 3 N–H and O–H groups in total. The van der Waals surface area contributed by atoms with Gasteiger partial charge >= 0.3 is 0 Å². The Balaban J connectivity index is 1.76. The van der Waals surface area contributed by atoms with Crippen molar-refractivity contribution in [3.05, 3.63) is 51.7 Å². The fourth-order valence-electron chi connectivity index (χ4n) is 2.37. The first-order valence-electron chi connectivity index (χ1n) is 6.87. The lowest BCUT2D eigenvalue weighted by Crippen LogP contribution is -2.35. The molecule has 110 valence electrons. The van der Waals surface area contributed by atoms with Crippen molar-refractivity contribution in [2.24, 2.45) is 5.73 Å². The number of halogens is 1. The van der Waals surface area contributed by atoms with Crippen LogP contribution in [0, 0.1) is 5.82 Å². The van der Waals surface area contributed by atoms with Crippen LogP contribution in [0.3, 0.4) is 0 Å². The van der Waals surface area contributed by atoms with Crippen molar-refractivity contribution in [2.75, 3.05) is 6.54 Å². The summed E-state index contributed by atoms with van der Waals surface area (Å²) in [5, 5.41) is 5.50. The van der Waals surface area contributed by atoms with E-state index in [-0.39, 0.29) is 11.7 Å². The summed E-state index contributed by atoms with van der Waals surface area (Å²) in [5.41, 5.74) is 5.84. The number of nitrogens with two attached hydrogens (primary N) is 1. The van der Waals surface area contributed by atoms with E-state index in [9.17, 15) is 9.18 Å². The molecular formula is C15H16FN3OS. The van der Waals surface area contributed by atoms with Crippen LogP contribution in [0.15, 0.2) is 29.6 Å². The first-order chi connectivity index (χ1) is 10.1. The molecule has 0 atom stereocenters. The summed E-state index contributed by atoms with van der Waals surface area (Å²) in [4.78, 5) is 16.5. The minimum atomic E-state index is -0.569. The van der Waals surface area contributed by atoms with Crippen LogP contribution < -0.4 is 11.1 Å². The molecule has 1 heterocycles. The summed E-state index contributed by atoms with van der Waals surface area (Å²) >= 11 is 1.42. The number of carbonyl (C=O) groups excluding carboxylic acids is 1. The number of amides is 1. The molecule has 0 bridgehead atoms. The van der Waals surface area contributed by atoms with Crippen LogP contribution in [0.2, 0.25) is 0 Å².